The normalized spacial score (nSPS) is 16.3. The SMILES string of the molecule is C[C@@H](NC(=O)C(O)CNC(=O)OCC1(COc2ncccn2)CCC1)c1ccccc1. The van der Waals surface area contributed by atoms with Crippen LogP contribution in [0.2, 0.25) is 0 Å². The quantitative estimate of drug-likeness (QED) is 0.529. The lowest BCUT2D eigenvalue weighted by molar-refractivity contribution is -0.129. The number of nitrogens with one attached hydrogen (secondary N) is 2. The summed E-state index contributed by atoms with van der Waals surface area (Å²) in [5.41, 5.74) is 0.654. The van der Waals surface area contributed by atoms with Crippen LogP contribution in [0.4, 0.5) is 4.79 Å². The predicted octanol–water partition coefficient (Wildman–Crippen LogP) is 1.99. The zero-order valence-corrected chi connectivity index (χ0v) is 17.5. The van der Waals surface area contributed by atoms with Gasteiger partial charge in [-0.3, -0.25) is 4.79 Å². The van der Waals surface area contributed by atoms with E-state index in [0.29, 0.717) is 6.61 Å². The van der Waals surface area contributed by atoms with Gasteiger partial charge in [-0.2, -0.15) is 0 Å². The highest BCUT2D eigenvalue weighted by atomic mass is 16.6. The summed E-state index contributed by atoms with van der Waals surface area (Å²) in [5.74, 6) is -0.566. The molecule has 1 fully saturated rings. The third-order valence-corrected chi connectivity index (χ3v) is 5.37. The molecule has 1 aromatic carbocycles. The number of carbonyl (C=O) groups excluding carboxylic acids is 2. The van der Waals surface area contributed by atoms with Crippen LogP contribution in [0.5, 0.6) is 6.01 Å². The summed E-state index contributed by atoms with van der Waals surface area (Å²) in [6.45, 7) is 2.11. The number of benzene rings is 1. The Labute approximate surface area is 181 Å². The van der Waals surface area contributed by atoms with Crippen LogP contribution in [0.1, 0.15) is 37.8 Å². The van der Waals surface area contributed by atoms with E-state index in [-0.39, 0.29) is 30.6 Å². The van der Waals surface area contributed by atoms with Gasteiger partial charge in [-0.05, 0) is 31.4 Å². The number of aliphatic hydroxyl groups excluding tert-OH is 1. The van der Waals surface area contributed by atoms with E-state index in [9.17, 15) is 14.7 Å². The average Bonchev–Trinajstić information content (AvgIpc) is 2.77. The van der Waals surface area contributed by atoms with Gasteiger partial charge in [0.15, 0.2) is 0 Å². The summed E-state index contributed by atoms with van der Waals surface area (Å²) in [7, 11) is 0. The van der Waals surface area contributed by atoms with Crippen molar-refractivity contribution in [1.29, 1.82) is 0 Å². The van der Waals surface area contributed by atoms with Crippen molar-refractivity contribution in [3.8, 4) is 6.01 Å². The molecule has 0 saturated heterocycles. The highest BCUT2D eigenvalue weighted by Crippen LogP contribution is 2.41. The Kier molecular flexibility index (Phi) is 7.77. The lowest BCUT2D eigenvalue weighted by atomic mass is 9.70. The number of amides is 2. The number of ether oxygens (including phenoxy) is 2. The maximum Gasteiger partial charge on any atom is 0.407 e. The summed E-state index contributed by atoms with van der Waals surface area (Å²) in [4.78, 5) is 32.2. The minimum absolute atomic E-state index is 0.180. The van der Waals surface area contributed by atoms with Crippen molar-refractivity contribution in [3.63, 3.8) is 0 Å². The third kappa shape index (κ3) is 6.65. The van der Waals surface area contributed by atoms with E-state index in [2.05, 4.69) is 20.6 Å². The molecule has 0 radical (unpaired) electrons. The first-order valence-electron chi connectivity index (χ1n) is 10.3. The van der Waals surface area contributed by atoms with Crippen LogP contribution in [0, 0.1) is 5.41 Å². The summed E-state index contributed by atoms with van der Waals surface area (Å²) < 4.78 is 10.9. The Morgan fingerprint density at radius 1 is 1.13 bits per heavy atom. The maximum atomic E-state index is 12.2. The van der Waals surface area contributed by atoms with Crippen LogP contribution in [0.15, 0.2) is 48.8 Å². The van der Waals surface area contributed by atoms with Gasteiger partial charge in [0, 0.05) is 17.8 Å². The fourth-order valence-corrected chi connectivity index (χ4v) is 3.26. The molecule has 2 amide bonds. The molecule has 2 atom stereocenters. The monoisotopic (exact) mass is 428 g/mol. The Balaban J connectivity index is 1.37. The summed E-state index contributed by atoms with van der Waals surface area (Å²) in [6, 6.07) is 11.1. The number of nitrogens with zero attached hydrogens (tertiary/aromatic N) is 2. The van der Waals surface area contributed by atoms with Crippen molar-refractivity contribution < 1.29 is 24.2 Å². The molecule has 1 heterocycles. The fourth-order valence-electron chi connectivity index (χ4n) is 3.26. The van der Waals surface area contributed by atoms with E-state index in [1.165, 1.54) is 0 Å². The Morgan fingerprint density at radius 3 is 2.48 bits per heavy atom. The van der Waals surface area contributed by atoms with Gasteiger partial charge >= 0.3 is 12.1 Å². The summed E-state index contributed by atoms with van der Waals surface area (Å²) in [5, 5.41) is 15.2. The van der Waals surface area contributed by atoms with Crippen LogP contribution in [-0.2, 0) is 9.53 Å². The second-order valence-electron chi connectivity index (χ2n) is 7.79. The van der Waals surface area contributed by atoms with Gasteiger partial charge < -0.3 is 25.2 Å². The number of aliphatic hydroxyl groups is 1. The first-order chi connectivity index (χ1) is 15.0. The fraction of sp³-hybridized carbons (Fsp3) is 0.455. The smallest absolute Gasteiger partial charge is 0.407 e. The number of hydrogen-bond donors (Lipinski definition) is 3. The molecule has 3 N–H and O–H groups in total. The molecule has 31 heavy (non-hydrogen) atoms. The van der Waals surface area contributed by atoms with Gasteiger partial charge in [0.1, 0.15) is 19.3 Å². The van der Waals surface area contributed by atoms with Crippen LogP contribution in [-0.4, -0.2) is 52.9 Å². The van der Waals surface area contributed by atoms with E-state index >= 15 is 0 Å². The lowest BCUT2D eigenvalue weighted by Gasteiger charge is -2.40. The molecule has 9 heteroatoms. The highest BCUT2D eigenvalue weighted by Gasteiger charge is 2.39. The standard InChI is InChI=1S/C22H28N4O5/c1-16(17-7-3-2-4-8-17)26-19(28)18(27)13-25-21(29)31-15-22(9-5-10-22)14-30-20-23-11-6-12-24-20/h2-4,6-8,11-12,16,18,27H,5,9-10,13-15H2,1H3,(H,25,29)(H,26,28)/t16-,18?/m1/s1. The predicted molar refractivity (Wildman–Crippen MR) is 112 cm³/mol. The Morgan fingerprint density at radius 2 is 1.84 bits per heavy atom. The lowest BCUT2D eigenvalue weighted by Crippen LogP contribution is -2.45. The van der Waals surface area contributed by atoms with E-state index in [1.54, 1.807) is 18.5 Å². The molecule has 2 aromatic rings. The number of aromatic nitrogens is 2. The van der Waals surface area contributed by atoms with Crippen LogP contribution in [0.3, 0.4) is 0 Å². The van der Waals surface area contributed by atoms with Gasteiger partial charge in [0.05, 0.1) is 12.6 Å². The molecule has 1 saturated carbocycles. The van der Waals surface area contributed by atoms with Crippen molar-refractivity contribution in [1.82, 2.24) is 20.6 Å². The van der Waals surface area contributed by atoms with Gasteiger partial charge in [-0.15, -0.1) is 0 Å². The van der Waals surface area contributed by atoms with Crippen LogP contribution in [0.25, 0.3) is 0 Å². The molecule has 1 aliphatic carbocycles. The van der Waals surface area contributed by atoms with Gasteiger partial charge in [0.25, 0.3) is 5.91 Å². The second kappa shape index (κ2) is 10.7. The van der Waals surface area contributed by atoms with E-state index in [4.69, 9.17) is 9.47 Å². The molecule has 3 rings (SSSR count). The largest absolute Gasteiger partial charge is 0.463 e. The molecule has 0 bridgehead atoms. The zero-order valence-electron chi connectivity index (χ0n) is 17.5. The molecule has 1 unspecified atom stereocenters. The van der Waals surface area contributed by atoms with Crippen molar-refractivity contribution in [2.45, 2.75) is 38.3 Å². The minimum Gasteiger partial charge on any atom is -0.463 e. The Bertz CT molecular complexity index is 845. The highest BCUT2D eigenvalue weighted by molar-refractivity contribution is 5.81. The van der Waals surface area contributed by atoms with Gasteiger partial charge in [0.2, 0.25) is 0 Å². The number of carbonyl (C=O) groups is 2. The average molecular weight is 428 g/mol. The minimum atomic E-state index is -1.38. The number of hydrogen-bond acceptors (Lipinski definition) is 7. The molecule has 0 spiro atoms. The van der Waals surface area contributed by atoms with Crippen LogP contribution >= 0.6 is 0 Å². The number of alkyl carbamates (subject to hydrolysis) is 1. The van der Waals surface area contributed by atoms with Crippen molar-refractivity contribution in [3.05, 3.63) is 54.4 Å². The molecule has 1 aromatic heterocycles. The first-order valence-corrected chi connectivity index (χ1v) is 10.3. The molecule has 166 valence electrons. The van der Waals surface area contributed by atoms with E-state index in [0.717, 1.165) is 24.8 Å². The molecule has 1 aliphatic rings. The summed E-state index contributed by atoms with van der Waals surface area (Å²) in [6.07, 6.45) is 3.90. The second-order valence-corrected chi connectivity index (χ2v) is 7.79. The third-order valence-electron chi connectivity index (χ3n) is 5.37. The molecular weight excluding hydrogens is 400 g/mol. The maximum absolute atomic E-state index is 12.2. The van der Waals surface area contributed by atoms with Crippen molar-refractivity contribution >= 4 is 12.0 Å². The topological polar surface area (TPSA) is 123 Å². The first kappa shape index (κ1) is 22.5. The van der Waals surface area contributed by atoms with Gasteiger partial charge in [-0.1, -0.05) is 36.8 Å². The van der Waals surface area contributed by atoms with Crippen molar-refractivity contribution in [2.24, 2.45) is 5.41 Å². The summed E-state index contributed by atoms with van der Waals surface area (Å²) >= 11 is 0. The van der Waals surface area contributed by atoms with Crippen LogP contribution < -0.4 is 15.4 Å². The van der Waals surface area contributed by atoms with E-state index < -0.39 is 18.1 Å². The molecule has 0 aliphatic heterocycles. The zero-order chi connectivity index (χ0) is 22.1. The van der Waals surface area contributed by atoms with Gasteiger partial charge in [-0.25, -0.2) is 14.8 Å². The molecular formula is C22H28N4O5. The molecule has 9 nitrogen and oxygen atoms in total. The number of rotatable bonds is 10. The Hall–Kier alpha value is -3.20. The van der Waals surface area contributed by atoms with E-state index in [1.807, 2.05) is 37.3 Å². The van der Waals surface area contributed by atoms with Crippen molar-refractivity contribution in [2.75, 3.05) is 19.8 Å².